The van der Waals surface area contributed by atoms with Crippen LogP contribution in [-0.4, -0.2) is 18.4 Å². The Kier molecular flexibility index (Phi) is 6.00. The predicted octanol–water partition coefficient (Wildman–Crippen LogP) is 3.74. The summed E-state index contributed by atoms with van der Waals surface area (Å²) in [6, 6.07) is 14.3. The van der Waals surface area contributed by atoms with Gasteiger partial charge in [0.25, 0.3) is 0 Å². The van der Waals surface area contributed by atoms with Crippen LogP contribution in [0.3, 0.4) is 0 Å². The normalized spacial score (nSPS) is 10.0. The lowest BCUT2D eigenvalue weighted by atomic mass is 10.2. The van der Waals surface area contributed by atoms with Crippen molar-refractivity contribution in [2.45, 2.75) is 13.3 Å². The van der Waals surface area contributed by atoms with Gasteiger partial charge in [0.2, 0.25) is 11.8 Å². The molecule has 6 heteroatoms. The minimum absolute atomic E-state index is 0.0845. The summed E-state index contributed by atoms with van der Waals surface area (Å²) in [7, 11) is 0. The van der Waals surface area contributed by atoms with E-state index in [-0.39, 0.29) is 11.8 Å². The molecule has 0 saturated carbocycles. The summed E-state index contributed by atoms with van der Waals surface area (Å²) in [6.07, 6.45) is 0.343. The van der Waals surface area contributed by atoms with Crippen molar-refractivity contribution < 1.29 is 9.59 Å². The number of rotatable bonds is 6. The van der Waals surface area contributed by atoms with Gasteiger partial charge in [0.15, 0.2) is 0 Å². The van der Waals surface area contributed by atoms with E-state index in [1.165, 1.54) is 6.92 Å². The number of carbonyl (C=O) groups excluding carboxylic acids is 2. The van der Waals surface area contributed by atoms with Gasteiger partial charge >= 0.3 is 0 Å². The second kappa shape index (κ2) is 8.19. The third kappa shape index (κ3) is 6.00. The number of hydrogen-bond donors (Lipinski definition) is 3. The minimum Gasteiger partial charge on any atom is -0.385 e. The number of benzene rings is 2. The molecule has 2 rings (SSSR count). The van der Waals surface area contributed by atoms with E-state index in [0.29, 0.717) is 29.4 Å². The molecule has 2 aromatic rings. The lowest BCUT2D eigenvalue weighted by molar-refractivity contribution is -0.116. The third-order valence-corrected chi connectivity index (χ3v) is 3.27. The summed E-state index contributed by atoms with van der Waals surface area (Å²) in [5.74, 6) is -0.214. The summed E-state index contributed by atoms with van der Waals surface area (Å²) in [6.45, 7) is 1.97. The van der Waals surface area contributed by atoms with Gasteiger partial charge in [-0.2, -0.15) is 0 Å². The molecule has 0 unspecified atom stereocenters. The molecule has 0 fully saturated rings. The first-order valence-electron chi connectivity index (χ1n) is 7.20. The molecular formula is C17H18ClN3O2. The Labute approximate surface area is 140 Å². The zero-order valence-electron chi connectivity index (χ0n) is 12.7. The maximum absolute atomic E-state index is 11.9. The van der Waals surface area contributed by atoms with Crippen LogP contribution in [0.5, 0.6) is 0 Å². The second-order valence-corrected chi connectivity index (χ2v) is 5.43. The van der Waals surface area contributed by atoms with Gasteiger partial charge in [-0.3, -0.25) is 9.59 Å². The fourth-order valence-corrected chi connectivity index (χ4v) is 2.08. The maximum atomic E-state index is 11.9. The first kappa shape index (κ1) is 16.8. The number of nitrogens with one attached hydrogen (secondary N) is 3. The van der Waals surface area contributed by atoms with Gasteiger partial charge in [-0.1, -0.05) is 11.6 Å². The Balaban J connectivity index is 1.76. The molecule has 23 heavy (non-hydrogen) atoms. The van der Waals surface area contributed by atoms with Crippen molar-refractivity contribution in [1.82, 2.24) is 0 Å². The van der Waals surface area contributed by atoms with E-state index in [2.05, 4.69) is 16.0 Å². The molecule has 3 N–H and O–H groups in total. The molecule has 0 atom stereocenters. The Morgan fingerprint density at radius 1 is 0.870 bits per heavy atom. The van der Waals surface area contributed by atoms with E-state index in [1.807, 2.05) is 12.1 Å². The second-order valence-electron chi connectivity index (χ2n) is 4.99. The highest BCUT2D eigenvalue weighted by atomic mass is 35.5. The highest BCUT2D eigenvalue weighted by Crippen LogP contribution is 2.15. The first-order chi connectivity index (χ1) is 11.0. The minimum atomic E-state index is -0.130. The summed E-state index contributed by atoms with van der Waals surface area (Å²) in [5, 5.41) is 9.30. The lowest BCUT2D eigenvalue weighted by Crippen LogP contribution is -2.16. The van der Waals surface area contributed by atoms with E-state index < -0.39 is 0 Å². The topological polar surface area (TPSA) is 70.2 Å². The monoisotopic (exact) mass is 331 g/mol. The van der Waals surface area contributed by atoms with Crippen LogP contribution in [-0.2, 0) is 9.59 Å². The molecule has 0 radical (unpaired) electrons. The summed E-state index contributed by atoms with van der Waals surface area (Å²) in [5.41, 5.74) is 2.30. The number of amides is 2. The van der Waals surface area contributed by atoms with E-state index in [4.69, 9.17) is 11.6 Å². The van der Waals surface area contributed by atoms with Crippen molar-refractivity contribution in [3.8, 4) is 0 Å². The van der Waals surface area contributed by atoms with Crippen LogP contribution in [0.25, 0.3) is 0 Å². The van der Waals surface area contributed by atoms with Crippen LogP contribution in [0, 0.1) is 0 Å². The highest BCUT2D eigenvalue weighted by Gasteiger charge is 2.03. The van der Waals surface area contributed by atoms with Crippen LogP contribution in [0.4, 0.5) is 17.1 Å². The number of carbonyl (C=O) groups is 2. The lowest BCUT2D eigenvalue weighted by Gasteiger charge is -2.08. The van der Waals surface area contributed by atoms with Crippen LogP contribution in [0.2, 0.25) is 5.02 Å². The molecule has 2 aromatic carbocycles. The van der Waals surface area contributed by atoms with Crippen molar-refractivity contribution in [2.75, 3.05) is 22.5 Å². The zero-order chi connectivity index (χ0) is 16.7. The van der Waals surface area contributed by atoms with Crippen molar-refractivity contribution in [2.24, 2.45) is 0 Å². The van der Waals surface area contributed by atoms with Gasteiger partial charge in [0.05, 0.1) is 0 Å². The van der Waals surface area contributed by atoms with Crippen LogP contribution in [0.1, 0.15) is 13.3 Å². The Morgan fingerprint density at radius 2 is 1.39 bits per heavy atom. The van der Waals surface area contributed by atoms with Crippen molar-refractivity contribution in [3.63, 3.8) is 0 Å². The van der Waals surface area contributed by atoms with Gasteiger partial charge in [-0.05, 0) is 48.5 Å². The average Bonchev–Trinajstić information content (AvgIpc) is 2.51. The molecule has 0 bridgehead atoms. The van der Waals surface area contributed by atoms with Crippen molar-refractivity contribution in [1.29, 1.82) is 0 Å². The maximum Gasteiger partial charge on any atom is 0.226 e. The predicted molar refractivity (Wildman–Crippen MR) is 93.9 cm³/mol. The molecule has 5 nitrogen and oxygen atoms in total. The molecule has 0 aliphatic heterocycles. The molecular weight excluding hydrogens is 314 g/mol. The molecule has 0 aliphatic carbocycles. The Morgan fingerprint density at radius 3 is 1.96 bits per heavy atom. The van der Waals surface area contributed by atoms with Gasteiger partial charge < -0.3 is 16.0 Å². The Bertz CT molecular complexity index is 669. The first-order valence-corrected chi connectivity index (χ1v) is 7.58. The molecule has 0 spiro atoms. The van der Waals surface area contributed by atoms with E-state index in [9.17, 15) is 9.59 Å². The van der Waals surface area contributed by atoms with Crippen LogP contribution >= 0.6 is 11.6 Å². The molecule has 0 saturated heterocycles. The molecule has 2 amide bonds. The molecule has 0 heterocycles. The van der Waals surface area contributed by atoms with E-state index >= 15 is 0 Å². The largest absolute Gasteiger partial charge is 0.385 e. The van der Waals surface area contributed by atoms with Gasteiger partial charge in [0.1, 0.15) is 0 Å². The number of hydrogen-bond acceptors (Lipinski definition) is 3. The number of anilines is 3. The van der Waals surface area contributed by atoms with Gasteiger partial charge in [-0.15, -0.1) is 0 Å². The third-order valence-electron chi connectivity index (χ3n) is 3.01. The van der Waals surface area contributed by atoms with Crippen molar-refractivity contribution >= 4 is 40.5 Å². The summed E-state index contributed by atoms with van der Waals surface area (Å²) in [4.78, 5) is 22.8. The standard InChI is InChI=1S/C17H18ClN3O2/c1-12(22)20-15-6-8-16(9-7-15)21-17(23)10-11-19-14-4-2-13(18)3-5-14/h2-9,19H,10-11H2,1H3,(H,20,22)(H,21,23). The fraction of sp³-hybridized carbons (Fsp3) is 0.176. The Hall–Kier alpha value is -2.53. The van der Waals surface area contributed by atoms with E-state index in [0.717, 1.165) is 5.69 Å². The smallest absolute Gasteiger partial charge is 0.226 e. The van der Waals surface area contributed by atoms with E-state index in [1.54, 1.807) is 36.4 Å². The van der Waals surface area contributed by atoms with Crippen LogP contribution < -0.4 is 16.0 Å². The average molecular weight is 332 g/mol. The molecule has 0 aliphatic rings. The zero-order valence-corrected chi connectivity index (χ0v) is 13.5. The SMILES string of the molecule is CC(=O)Nc1ccc(NC(=O)CCNc2ccc(Cl)cc2)cc1. The van der Waals surface area contributed by atoms with Gasteiger partial charge in [0, 0.05) is 42.0 Å². The molecule has 0 aromatic heterocycles. The molecule has 120 valence electrons. The van der Waals surface area contributed by atoms with Crippen LogP contribution in [0.15, 0.2) is 48.5 Å². The number of halogens is 1. The summed E-state index contributed by atoms with van der Waals surface area (Å²) < 4.78 is 0. The fourth-order valence-electron chi connectivity index (χ4n) is 1.95. The summed E-state index contributed by atoms with van der Waals surface area (Å²) >= 11 is 5.81. The quantitative estimate of drug-likeness (QED) is 0.755. The highest BCUT2D eigenvalue weighted by molar-refractivity contribution is 6.30. The van der Waals surface area contributed by atoms with Gasteiger partial charge in [-0.25, -0.2) is 0 Å². The van der Waals surface area contributed by atoms with Crippen molar-refractivity contribution in [3.05, 3.63) is 53.6 Å².